The molecule has 0 spiro atoms. The lowest BCUT2D eigenvalue weighted by atomic mass is 9.93. The summed E-state index contributed by atoms with van der Waals surface area (Å²) >= 11 is 6.43. The van der Waals surface area contributed by atoms with Crippen molar-refractivity contribution in [2.45, 2.75) is 32.6 Å². The van der Waals surface area contributed by atoms with E-state index in [0.717, 1.165) is 56.1 Å². The summed E-state index contributed by atoms with van der Waals surface area (Å²) in [5.41, 5.74) is 1.95. The molecule has 4 rings (SSSR count). The lowest BCUT2D eigenvalue weighted by molar-refractivity contribution is 0.0358. The normalized spacial score (nSPS) is 13.9. The Morgan fingerprint density at radius 3 is 2.53 bits per heavy atom. The van der Waals surface area contributed by atoms with E-state index in [9.17, 15) is 4.79 Å². The van der Waals surface area contributed by atoms with Gasteiger partial charge in [0.1, 0.15) is 11.5 Å². The number of rotatable bonds is 7. The molecule has 0 atom stereocenters. The van der Waals surface area contributed by atoms with E-state index in [1.807, 2.05) is 45.0 Å². The Hall–Kier alpha value is -3.51. The fourth-order valence-corrected chi connectivity index (χ4v) is 3.95. The lowest BCUT2D eigenvalue weighted by Gasteiger charge is -2.26. The van der Waals surface area contributed by atoms with Gasteiger partial charge >= 0.3 is 6.03 Å². The Labute approximate surface area is 228 Å². The Morgan fingerprint density at radius 1 is 1.08 bits per heavy atom. The number of ether oxygens (including phenoxy) is 2. The van der Waals surface area contributed by atoms with Crippen LogP contribution in [0.25, 0.3) is 0 Å². The van der Waals surface area contributed by atoms with Crippen LogP contribution < -0.4 is 15.4 Å². The van der Waals surface area contributed by atoms with Crippen LogP contribution in [0.4, 0.5) is 16.3 Å². The quantitative estimate of drug-likeness (QED) is 0.294. The first-order valence-electron chi connectivity index (χ1n) is 12.7. The lowest BCUT2D eigenvalue weighted by Crippen LogP contribution is -2.37. The first-order chi connectivity index (χ1) is 18.3. The van der Waals surface area contributed by atoms with Gasteiger partial charge in [0.25, 0.3) is 0 Å². The van der Waals surface area contributed by atoms with Crippen molar-refractivity contribution in [3.8, 4) is 17.6 Å². The van der Waals surface area contributed by atoms with E-state index in [4.69, 9.17) is 25.6 Å². The molecule has 9 heteroatoms. The van der Waals surface area contributed by atoms with E-state index in [-0.39, 0.29) is 5.41 Å². The molecule has 1 saturated heterocycles. The summed E-state index contributed by atoms with van der Waals surface area (Å²) < 4.78 is 16.5. The molecule has 2 amide bonds. The third-order valence-corrected chi connectivity index (χ3v) is 6.22. The summed E-state index contributed by atoms with van der Waals surface area (Å²) in [6, 6.07) is 14.1. The van der Waals surface area contributed by atoms with E-state index < -0.39 is 6.03 Å². The van der Waals surface area contributed by atoms with Gasteiger partial charge in [-0.25, -0.2) is 4.79 Å². The molecule has 0 aliphatic carbocycles. The third-order valence-electron chi connectivity index (χ3n) is 5.91. The SMILES string of the molecule is CC(C)(C)c1cc(NC(=O)Nc2ccc(C#Cc3ccc(OCCCN4CCOCC4)cc3Cl)cc2)no1. The molecular weight excluding hydrogens is 504 g/mol. The van der Waals surface area contributed by atoms with Crippen LogP contribution in [0.1, 0.15) is 44.1 Å². The number of urea groups is 1. The maximum absolute atomic E-state index is 12.3. The van der Waals surface area contributed by atoms with E-state index in [1.54, 1.807) is 24.3 Å². The van der Waals surface area contributed by atoms with Gasteiger partial charge in [0.2, 0.25) is 0 Å². The highest BCUT2D eigenvalue weighted by atomic mass is 35.5. The second-order valence-electron chi connectivity index (χ2n) is 10.0. The van der Waals surface area contributed by atoms with Gasteiger partial charge in [0.15, 0.2) is 5.82 Å². The van der Waals surface area contributed by atoms with Gasteiger partial charge < -0.3 is 19.3 Å². The van der Waals surface area contributed by atoms with Crippen molar-refractivity contribution >= 4 is 29.1 Å². The molecule has 8 nitrogen and oxygen atoms in total. The average molecular weight is 537 g/mol. The third kappa shape index (κ3) is 8.25. The number of carbonyl (C=O) groups is 1. The minimum absolute atomic E-state index is 0.191. The molecule has 2 aromatic carbocycles. The Kier molecular flexibility index (Phi) is 9.29. The molecule has 1 aliphatic rings. The first-order valence-corrected chi connectivity index (χ1v) is 13.0. The van der Waals surface area contributed by atoms with Gasteiger partial charge in [0, 0.05) is 54.0 Å². The van der Waals surface area contributed by atoms with Crippen molar-refractivity contribution in [2.75, 3.05) is 50.1 Å². The number of nitrogens with zero attached hydrogens (tertiary/aromatic N) is 2. The molecule has 2 heterocycles. The number of carbonyl (C=O) groups excluding carboxylic acids is 1. The van der Waals surface area contributed by atoms with Crippen molar-refractivity contribution in [1.29, 1.82) is 0 Å². The molecule has 0 radical (unpaired) electrons. The highest BCUT2D eigenvalue weighted by Gasteiger charge is 2.20. The highest BCUT2D eigenvalue weighted by Crippen LogP contribution is 2.25. The van der Waals surface area contributed by atoms with Crippen LogP contribution in [0.3, 0.4) is 0 Å². The number of halogens is 1. The minimum atomic E-state index is -0.409. The fourth-order valence-electron chi connectivity index (χ4n) is 3.73. The number of aromatic nitrogens is 1. The van der Waals surface area contributed by atoms with Crippen molar-refractivity contribution in [3.05, 3.63) is 70.4 Å². The van der Waals surface area contributed by atoms with Crippen molar-refractivity contribution < 1.29 is 18.8 Å². The highest BCUT2D eigenvalue weighted by molar-refractivity contribution is 6.31. The summed E-state index contributed by atoms with van der Waals surface area (Å²) in [5, 5.41) is 9.88. The van der Waals surface area contributed by atoms with Crippen LogP contribution in [-0.2, 0) is 10.2 Å². The monoisotopic (exact) mass is 536 g/mol. The number of hydrogen-bond donors (Lipinski definition) is 2. The Balaban J connectivity index is 1.25. The summed E-state index contributed by atoms with van der Waals surface area (Å²) in [6.45, 7) is 11.2. The summed E-state index contributed by atoms with van der Waals surface area (Å²) in [4.78, 5) is 14.7. The molecule has 1 aliphatic heterocycles. The number of morpholine rings is 1. The predicted molar refractivity (Wildman–Crippen MR) is 149 cm³/mol. The van der Waals surface area contributed by atoms with Crippen LogP contribution in [0.5, 0.6) is 5.75 Å². The fraction of sp³-hybridized carbons (Fsp3) is 0.379. The second-order valence-corrected chi connectivity index (χ2v) is 10.4. The van der Waals surface area contributed by atoms with Crippen LogP contribution in [-0.4, -0.2) is 55.5 Å². The molecule has 0 unspecified atom stereocenters. The molecule has 38 heavy (non-hydrogen) atoms. The zero-order chi connectivity index (χ0) is 27.0. The summed E-state index contributed by atoms with van der Waals surface area (Å²) in [5.74, 6) is 7.99. The molecule has 3 aromatic rings. The number of benzene rings is 2. The van der Waals surface area contributed by atoms with Crippen molar-refractivity contribution in [3.63, 3.8) is 0 Å². The summed E-state index contributed by atoms with van der Waals surface area (Å²) in [6.07, 6.45) is 0.948. The van der Waals surface area contributed by atoms with Crippen molar-refractivity contribution in [1.82, 2.24) is 10.1 Å². The minimum Gasteiger partial charge on any atom is -0.493 e. The van der Waals surface area contributed by atoms with Gasteiger partial charge in [0.05, 0.1) is 24.8 Å². The topological polar surface area (TPSA) is 88.9 Å². The first kappa shape index (κ1) is 27.5. The van der Waals surface area contributed by atoms with Crippen molar-refractivity contribution in [2.24, 2.45) is 0 Å². The molecule has 0 bridgehead atoms. The van der Waals surface area contributed by atoms with E-state index in [1.165, 1.54) is 0 Å². The van der Waals surface area contributed by atoms with E-state index >= 15 is 0 Å². The molecule has 2 N–H and O–H groups in total. The maximum atomic E-state index is 12.3. The molecule has 0 saturated carbocycles. The molecule has 1 fully saturated rings. The molecule has 1 aromatic heterocycles. The van der Waals surface area contributed by atoms with Gasteiger partial charge in [-0.05, 0) is 42.8 Å². The van der Waals surface area contributed by atoms with Gasteiger partial charge in [-0.2, -0.15) is 0 Å². The largest absolute Gasteiger partial charge is 0.493 e. The summed E-state index contributed by atoms with van der Waals surface area (Å²) in [7, 11) is 0. The van der Waals surface area contributed by atoms with Gasteiger partial charge in [-0.15, -0.1) is 0 Å². The van der Waals surface area contributed by atoms with Crippen LogP contribution in [0.15, 0.2) is 53.1 Å². The number of nitrogens with one attached hydrogen (secondary N) is 2. The smallest absolute Gasteiger partial charge is 0.324 e. The maximum Gasteiger partial charge on any atom is 0.324 e. The number of amides is 2. The zero-order valence-electron chi connectivity index (χ0n) is 22.0. The predicted octanol–water partition coefficient (Wildman–Crippen LogP) is 5.77. The molecular formula is C29H33ClN4O4. The van der Waals surface area contributed by atoms with Crippen LogP contribution in [0, 0.1) is 11.8 Å². The second kappa shape index (κ2) is 12.8. The van der Waals surface area contributed by atoms with Gasteiger partial charge in [-0.3, -0.25) is 10.2 Å². The van der Waals surface area contributed by atoms with Gasteiger partial charge in [-0.1, -0.05) is 49.4 Å². The van der Waals surface area contributed by atoms with Crippen LogP contribution >= 0.6 is 11.6 Å². The van der Waals surface area contributed by atoms with E-state index in [0.29, 0.717) is 28.9 Å². The molecule has 200 valence electrons. The number of anilines is 2. The number of hydrogen-bond acceptors (Lipinski definition) is 6. The van der Waals surface area contributed by atoms with E-state index in [2.05, 4.69) is 32.5 Å². The Morgan fingerprint density at radius 2 is 1.84 bits per heavy atom. The van der Waals surface area contributed by atoms with Crippen LogP contribution in [0.2, 0.25) is 5.02 Å². The average Bonchev–Trinajstić information content (AvgIpc) is 3.37. The Bertz CT molecular complexity index is 1280. The standard InChI is InChI=1S/C29H33ClN4O4/c1-29(2,3)26-20-27(33-38-26)32-28(35)31-23-10-6-21(7-11-23)5-8-22-9-12-24(19-25(22)30)37-16-4-13-34-14-17-36-18-15-34/h6-7,9-12,19-20H,4,13-18H2,1-3H3,(H2,31,32,33,35). The zero-order valence-corrected chi connectivity index (χ0v) is 22.7.